The Bertz CT molecular complexity index is 375. The second kappa shape index (κ2) is 6.05. The van der Waals surface area contributed by atoms with Crippen LogP contribution in [0.3, 0.4) is 0 Å². The zero-order chi connectivity index (χ0) is 12.8. The van der Waals surface area contributed by atoms with Crippen LogP contribution >= 0.6 is 0 Å². The first-order valence-corrected chi connectivity index (χ1v) is 5.29. The van der Waals surface area contributed by atoms with E-state index >= 15 is 0 Å². The molecule has 1 aromatic heterocycles. The number of carbonyl (C=O) groups is 2. The van der Waals surface area contributed by atoms with Crippen molar-refractivity contribution >= 4 is 11.9 Å². The smallest absolute Gasteiger partial charge is 0.305 e. The Morgan fingerprint density at radius 3 is 2.82 bits per heavy atom. The second-order valence-corrected chi connectivity index (χ2v) is 3.90. The van der Waals surface area contributed by atoms with Crippen molar-refractivity contribution < 1.29 is 19.1 Å². The molecule has 0 bridgehead atoms. The molecular weight excluding hydrogens is 224 g/mol. The SMILES string of the molecule is C[C@@H](Cc1ccco1)NC(=O)[C@H](N)CC(=O)O. The summed E-state index contributed by atoms with van der Waals surface area (Å²) in [6.07, 6.45) is 1.72. The second-order valence-electron chi connectivity index (χ2n) is 3.90. The van der Waals surface area contributed by atoms with E-state index in [9.17, 15) is 9.59 Å². The van der Waals surface area contributed by atoms with Gasteiger partial charge in [0.05, 0.1) is 18.7 Å². The van der Waals surface area contributed by atoms with Crippen molar-refractivity contribution in [3.05, 3.63) is 24.2 Å². The predicted octanol–water partition coefficient (Wildman–Crippen LogP) is 0.129. The number of nitrogens with one attached hydrogen (secondary N) is 1. The molecule has 0 aliphatic rings. The number of carboxylic acids is 1. The third-order valence-corrected chi connectivity index (χ3v) is 2.21. The molecule has 6 heteroatoms. The molecule has 0 radical (unpaired) electrons. The molecule has 0 fully saturated rings. The molecule has 0 aromatic carbocycles. The highest BCUT2D eigenvalue weighted by molar-refractivity contribution is 5.86. The van der Waals surface area contributed by atoms with Crippen LogP contribution in [0, 0.1) is 0 Å². The van der Waals surface area contributed by atoms with Crippen molar-refractivity contribution in [2.45, 2.75) is 31.8 Å². The first-order valence-electron chi connectivity index (χ1n) is 5.29. The van der Waals surface area contributed by atoms with Gasteiger partial charge in [-0.1, -0.05) is 0 Å². The fourth-order valence-corrected chi connectivity index (χ4v) is 1.41. The summed E-state index contributed by atoms with van der Waals surface area (Å²) in [4.78, 5) is 21.9. The summed E-state index contributed by atoms with van der Waals surface area (Å²) in [6, 6.07) is 2.39. The van der Waals surface area contributed by atoms with Crippen LogP contribution in [0.15, 0.2) is 22.8 Å². The molecule has 1 rings (SSSR count). The first-order chi connectivity index (χ1) is 7.99. The summed E-state index contributed by atoms with van der Waals surface area (Å²) < 4.78 is 5.13. The third kappa shape index (κ3) is 4.69. The quantitative estimate of drug-likeness (QED) is 0.655. The van der Waals surface area contributed by atoms with Gasteiger partial charge in [-0.25, -0.2) is 0 Å². The molecule has 2 atom stereocenters. The van der Waals surface area contributed by atoms with Crippen LogP contribution in [0.5, 0.6) is 0 Å². The Kier molecular flexibility index (Phi) is 4.71. The summed E-state index contributed by atoms with van der Waals surface area (Å²) in [5, 5.41) is 11.1. The van der Waals surface area contributed by atoms with Crippen molar-refractivity contribution in [3.63, 3.8) is 0 Å². The molecule has 1 aromatic rings. The Labute approximate surface area is 98.8 Å². The Morgan fingerprint density at radius 2 is 2.29 bits per heavy atom. The number of aliphatic carboxylic acids is 1. The maximum Gasteiger partial charge on any atom is 0.305 e. The largest absolute Gasteiger partial charge is 0.481 e. The highest BCUT2D eigenvalue weighted by Crippen LogP contribution is 2.04. The molecule has 4 N–H and O–H groups in total. The van der Waals surface area contributed by atoms with Crippen molar-refractivity contribution in [2.24, 2.45) is 5.73 Å². The number of hydrogen-bond donors (Lipinski definition) is 3. The van der Waals surface area contributed by atoms with Gasteiger partial charge in [-0.2, -0.15) is 0 Å². The van der Waals surface area contributed by atoms with E-state index in [1.54, 1.807) is 25.3 Å². The van der Waals surface area contributed by atoms with E-state index in [2.05, 4.69) is 5.32 Å². The molecule has 0 saturated heterocycles. The molecule has 0 spiro atoms. The molecule has 1 heterocycles. The summed E-state index contributed by atoms with van der Waals surface area (Å²) in [6.45, 7) is 1.80. The van der Waals surface area contributed by atoms with Gasteiger partial charge >= 0.3 is 5.97 Å². The van der Waals surface area contributed by atoms with E-state index in [-0.39, 0.29) is 12.5 Å². The summed E-state index contributed by atoms with van der Waals surface area (Å²) in [5.41, 5.74) is 5.42. The lowest BCUT2D eigenvalue weighted by molar-refractivity contribution is -0.139. The van der Waals surface area contributed by atoms with E-state index in [0.717, 1.165) is 5.76 Å². The number of nitrogens with two attached hydrogens (primary N) is 1. The summed E-state index contributed by atoms with van der Waals surface area (Å²) in [7, 11) is 0. The minimum atomic E-state index is -1.09. The zero-order valence-electron chi connectivity index (χ0n) is 9.55. The summed E-state index contributed by atoms with van der Waals surface area (Å²) >= 11 is 0. The molecular formula is C11H16N2O4. The molecule has 0 unspecified atom stereocenters. The zero-order valence-corrected chi connectivity index (χ0v) is 9.55. The molecule has 6 nitrogen and oxygen atoms in total. The van der Waals surface area contributed by atoms with E-state index in [1.807, 2.05) is 0 Å². The minimum Gasteiger partial charge on any atom is -0.481 e. The van der Waals surface area contributed by atoms with Gasteiger partial charge in [0, 0.05) is 12.5 Å². The van der Waals surface area contributed by atoms with Gasteiger partial charge in [-0.15, -0.1) is 0 Å². The monoisotopic (exact) mass is 240 g/mol. The number of furan rings is 1. The molecule has 0 saturated carbocycles. The number of amides is 1. The normalized spacial score (nSPS) is 14.0. The molecule has 0 aliphatic carbocycles. The van der Waals surface area contributed by atoms with Gasteiger partial charge in [0.15, 0.2) is 0 Å². The van der Waals surface area contributed by atoms with E-state index < -0.39 is 17.9 Å². The standard InChI is InChI=1S/C11H16N2O4/c1-7(5-8-3-2-4-17-8)13-11(16)9(12)6-10(14)15/h2-4,7,9H,5-6,12H2,1H3,(H,13,16)(H,14,15)/t7-,9+/m0/s1. The highest BCUT2D eigenvalue weighted by atomic mass is 16.4. The van der Waals surface area contributed by atoms with Crippen LogP contribution in [0.25, 0.3) is 0 Å². The number of hydrogen-bond acceptors (Lipinski definition) is 4. The molecule has 0 aliphatic heterocycles. The fraction of sp³-hybridized carbons (Fsp3) is 0.455. The van der Waals surface area contributed by atoms with Gasteiger partial charge in [-0.05, 0) is 19.1 Å². The predicted molar refractivity (Wildman–Crippen MR) is 60.2 cm³/mol. The van der Waals surface area contributed by atoms with Crippen molar-refractivity contribution in [1.29, 1.82) is 0 Å². The highest BCUT2D eigenvalue weighted by Gasteiger charge is 2.18. The van der Waals surface area contributed by atoms with Gasteiger partial charge in [0.2, 0.25) is 5.91 Å². The van der Waals surface area contributed by atoms with Crippen LogP contribution in [-0.4, -0.2) is 29.1 Å². The number of carboxylic acid groups (broad SMARTS) is 1. The minimum absolute atomic E-state index is 0.159. The van der Waals surface area contributed by atoms with Gasteiger partial charge in [-0.3, -0.25) is 9.59 Å². The van der Waals surface area contributed by atoms with Crippen LogP contribution in [0.2, 0.25) is 0 Å². The molecule has 1 amide bonds. The third-order valence-electron chi connectivity index (χ3n) is 2.21. The van der Waals surface area contributed by atoms with Crippen LogP contribution in [0.1, 0.15) is 19.1 Å². The van der Waals surface area contributed by atoms with Gasteiger partial charge in [0.1, 0.15) is 5.76 Å². The van der Waals surface area contributed by atoms with E-state index in [4.69, 9.17) is 15.3 Å². The van der Waals surface area contributed by atoms with Crippen LogP contribution < -0.4 is 11.1 Å². The summed E-state index contributed by atoms with van der Waals surface area (Å²) in [5.74, 6) is -0.803. The lowest BCUT2D eigenvalue weighted by Gasteiger charge is -2.15. The van der Waals surface area contributed by atoms with Gasteiger partial charge < -0.3 is 20.6 Å². The van der Waals surface area contributed by atoms with Crippen molar-refractivity contribution in [1.82, 2.24) is 5.32 Å². The average molecular weight is 240 g/mol. The Morgan fingerprint density at radius 1 is 1.59 bits per heavy atom. The maximum atomic E-state index is 11.5. The van der Waals surface area contributed by atoms with E-state index in [0.29, 0.717) is 6.42 Å². The maximum absolute atomic E-state index is 11.5. The average Bonchev–Trinajstić information content (AvgIpc) is 2.68. The van der Waals surface area contributed by atoms with Crippen molar-refractivity contribution in [3.8, 4) is 0 Å². The Hall–Kier alpha value is -1.82. The lowest BCUT2D eigenvalue weighted by Crippen LogP contribution is -2.46. The number of carbonyl (C=O) groups excluding carboxylic acids is 1. The molecule has 17 heavy (non-hydrogen) atoms. The van der Waals surface area contributed by atoms with Crippen LogP contribution in [-0.2, 0) is 16.0 Å². The lowest BCUT2D eigenvalue weighted by atomic mass is 10.1. The molecule has 94 valence electrons. The van der Waals surface area contributed by atoms with Crippen LogP contribution in [0.4, 0.5) is 0 Å². The first kappa shape index (κ1) is 13.2. The topological polar surface area (TPSA) is 106 Å². The number of rotatable bonds is 6. The van der Waals surface area contributed by atoms with Crippen molar-refractivity contribution in [2.75, 3.05) is 0 Å². The van der Waals surface area contributed by atoms with Gasteiger partial charge in [0.25, 0.3) is 0 Å². The van der Waals surface area contributed by atoms with E-state index in [1.165, 1.54) is 0 Å². The Balaban J connectivity index is 2.37. The fourth-order valence-electron chi connectivity index (χ4n) is 1.41.